The first-order chi connectivity index (χ1) is 12.2. The van der Waals surface area contributed by atoms with Crippen LogP contribution >= 0.6 is 23.1 Å². The molecular weight excluding hydrogens is 352 g/mol. The zero-order valence-corrected chi connectivity index (χ0v) is 15.1. The van der Waals surface area contributed by atoms with Crippen molar-refractivity contribution in [2.45, 2.75) is 12.1 Å². The molecule has 0 unspecified atom stereocenters. The minimum atomic E-state index is 0.0458. The van der Waals surface area contributed by atoms with Crippen molar-refractivity contribution in [3.63, 3.8) is 0 Å². The number of fused-ring (bicyclic) bond motifs is 1. The van der Waals surface area contributed by atoms with Gasteiger partial charge in [-0.2, -0.15) is 0 Å². The summed E-state index contributed by atoms with van der Waals surface area (Å²) in [5.74, 6) is 0.328. The first kappa shape index (κ1) is 16.1. The lowest BCUT2D eigenvalue weighted by atomic mass is 10.2. The number of thioether (sulfide) groups is 1. The lowest BCUT2D eigenvalue weighted by Crippen LogP contribution is -2.01. The van der Waals surface area contributed by atoms with Crippen molar-refractivity contribution in [1.29, 1.82) is 0 Å². The topological polar surface area (TPSA) is 56.0 Å². The van der Waals surface area contributed by atoms with Crippen LogP contribution in [0.1, 0.15) is 15.4 Å². The number of thiazole rings is 1. The third-order valence-electron chi connectivity index (χ3n) is 3.67. The van der Waals surface area contributed by atoms with Crippen LogP contribution in [-0.2, 0) is 0 Å². The van der Waals surface area contributed by atoms with Crippen molar-refractivity contribution in [2.75, 3.05) is 5.75 Å². The second-order valence-corrected chi connectivity index (χ2v) is 7.38. The van der Waals surface area contributed by atoms with E-state index in [1.165, 1.54) is 23.1 Å². The van der Waals surface area contributed by atoms with Gasteiger partial charge in [0.2, 0.25) is 0 Å². The number of nitrogens with zero attached hydrogens (tertiary/aromatic N) is 2. The summed E-state index contributed by atoms with van der Waals surface area (Å²) >= 11 is 2.75. The van der Waals surface area contributed by atoms with Crippen molar-refractivity contribution in [3.05, 3.63) is 65.2 Å². The number of rotatable bonds is 5. The number of oxazole rings is 1. The molecule has 0 saturated carbocycles. The lowest BCUT2D eigenvalue weighted by molar-refractivity contribution is 0.102. The molecule has 4 nitrogen and oxygen atoms in total. The van der Waals surface area contributed by atoms with Gasteiger partial charge in [-0.05, 0) is 19.1 Å². The molecule has 4 rings (SSSR count). The monoisotopic (exact) mass is 366 g/mol. The Labute approximate surface area is 152 Å². The third kappa shape index (κ3) is 3.36. The van der Waals surface area contributed by atoms with Gasteiger partial charge in [0, 0.05) is 5.56 Å². The normalized spacial score (nSPS) is 11.1. The molecule has 0 aliphatic heterocycles. The number of para-hydroxylation sites is 2. The maximum absolute atomic E-state index is 12.6. The van der Waals surface area contributed by atoms with Crippen molar-refractivity contribution >= 4 is 40.0 Å². The van der Waals surface area contributed by atoms with E-state index in [4.69, 9.17) is 4.42 Å². The second kappa shape index (κ2) is 6.82. The summed E-state index contributed by atoms with van der Waals surface area (Å²) in [5.41, 5.74) is 3.34. The fraction of sp³-hybridized carbons (Fsp3) is 0.105. The molecule has 0 aliphatic carbocycles. The van der Waals surface area contributed by atoms with Gasteiger partial charge >= 0.3 is 0 Å². The highest BCUT2D eigenvalue weighted by molar-refractivity contribution is 7.99. The van der Waals surface area contributed by atoms with Crippen LogP contribution in [0.2, 0.25) is 0 Å². The highest BCUT2D eigenvalue weighted by Crippen LogP contribution is 2.30. The number of hydrogen-bond donors (Lipinski definition) is 0. The van der Waals surface area contributed by atoms with Gasteiger partial charge in [-0.1, -0.05) is 54.2 Å². The molecule has 4 aromatic rings. The summed E-state index contributed by atoms with van der Waals surface area (Å²) < 4.78 is 5.65. The number of carbonyl (C=O) groups excluding carboxylic acids is 1. The van der Waals surface area contributed by atoms with Crippen LogP contribution in [-0.4, -0.2) is 21.5 Å². The molecule has 0 radical (unpaired) electrons. The van der Waals surface area contributed by atoms with Crippen LogP contribution in [0.25, 0.3) is 21.7 Å². The smallest absolute Gasteiger partial charge is 0.257 e. The Morgan fingerprint density at radius 3 is 2.64 bits per heavy atom. The van der Waals surface area contributed by atoms with E-state index in [1.54, 1.807) is 0 Å². The van der Waals surface area contributed by atoms with Crippen molar-refractivity contribution in [3.8, 4) is 10.6 Å². The van der Waals surface area contributed by atoms with Crippen molar-refractivity contribution < 1.29 is 9.21 Å². The Kier molecular flexibility index (Phi) is 4.38. The summed E-state index contributed by atoms with van der Waals surface area (Å²) in [7, 11) is 0. The van der Waals surface area contributed by atoms with E-state index in [2.05, 4.69) is 9.97 Å². The van der Waals surface area contributed by atoms with Gasteiger partial charge in [0.15, 0.2) is 11.4 Å². The number of hydrogen-bond acceptors (Lipinski definition) is 6. The highest BCUT2D eigenvalue weighted by Gasteiger charge is 2.17. The highest BCUT2D eigenvalue weighted by atomic mass is 32.2. The average molecular weight is 366 g/mol. The molecule has 0 bridgehead atoms. The molecule has 25 heavy (non-hydrogen) atoms. The van der Waals surface area contributed by atoms with Crippen LogP contribution < -0.4 is 0 Å². The van der Waals surface area contributed by atoms with E-state index in [0.717, 1.165) is 27.4 Å². The van der Waals surface area contributed by atoms with Crippen LogP contribution in [0.5, 0.6) is 0 Å². The fourth-order valence-corrected chi connectivity index (χ4v) is 4.28. The van der Waals surface area contributed by atoms with Gasteiger partial charge in [0.1, 0.15) is 10.5 Å². The minimum absolute atomic E-state index is 0.0458. The van der Waals surface area contributed by atoms with E-state index in [0.29, 0.717) is 10.1 Å². The molecule has 0 atom stereocenters. The number of aromatic nitrogens is 2. The molecule has 2 aromatic heterocycles. The summed E-state index contributed by atoms with van der Waals surface area (Å²) in [6.45, 7) is 1.88. The molecule has 0 spiro atoms. The molecular formula is C19H14N2O2S2. The van der Waals surface area contributed by atoms with Crippen LogP contribution in [0.4, 0.5) is 0 Å². The Bertz CT molecular complexity index is 1000. The van der Waals surface area contributed by atoms with Gasteiger partial charge in [-0.25, -0.2) is 9.97 Å². The van der Waals surface area contributed by atoms with Crippen molar-refractivity contribution in [2.24, 2.45) is 0 Å². The quantitative estimate of drug-likeness (QED) is 0.357. The molecule has 0 saturated heterocycles. The molecule has 2 heterocycles. The number of Topliss-reactive ketones (excluding diaryl/α,β-unsaturated/α-hetero) is 1. The number of ketones is 1. The van der Waals surface area contributed by atoms with Gasteiger partial charge in [0.05, 0.1) is 16.3 Å². The maximum atomic E-state index is 12.6. The first-order valence-electron chi connectivity index (χ1n) is 7.75. The average Bonchev–Trinajstić information content (AvgIpc) is 3.23. The first-order valence-corrected chi connectivity index (χ1v) is 9.55. The second-order valence-electron chi connectivity index (χ2n) is 5.46. The van der Waals surface area contributed by atoms with E-state index in [1.807, 2.05) is 61.5 Å². The van der Waals surface area contributed by atoms with Gasteiger partial charge in [0.25, 0.3) is 5.22 Å². The maximum Gasteiger partial charge on any atom is 0.257 e. The third-order valence-corrected chi connectivity index (χ3v) is 5.75. The predicted octanol–water partition coefficient (Wildman–Crippen LogP) is 5.23. The molecule has 0 N–H and O–H groups in total. The Morgan fingerprint density at radius 1 is 1.08 bits per heavy atom. The molecule has 0 fully saturated rings. The number of carbonyl (C=O) groups is 1. The van der Waals surface area contributed by atoms with Gasteiger partial charge in [-0.3, -0.25) is 4.79 Å². The van der Waals surface area contributed by atoms with Gasteiger partial charge < -0.3 is 4.42 Å². The fourth-order valence-electron chi connectivity index (χ4n) is 2.46. The molecule has 0 aliphatic rings. The van der Waals surface area contributed by atoms with E-state index >= 15 is 0 Å². The Balaban J connectivity index is 1.50. The van der Waals surface area contributed by atoms with Crippen LogP contribution in [0.3, 0.4) is 0 Å². The summed E-state index contributed by atoms with van der Waals surface area (Å²) in [4.78, 5) is 22.2. The molecule has 2 aromatic carbocycles. The summed E-state index contributed by atoms with van der Waals surface area (Å²) in [5, 5.41) is 1.38. The molecule has 0 amide bonds. The number of benzene rings is 2. The van der Waals surface area contributed by atoms with E-state index in [-0.39, 0.29) is 11.5 Å². The molecule has 6 heteroatoms. The SMILES string of the molecule is Cc1nc(-c2ccccc2)sc1C(=O)CSc1nc2ccccc2o1. The number of aryl methyl sites for hydroxylation is 1. The summed E-state index contributed by atoms with van der Waals surface area (Å²) in [6, 6.07) is 17.5. The largest absolute Gasteiger partial charge is 0.431 e. The zero-order chi connectivity index (χ0) is 17.2. The standard InChI is InChI=1S/C19H14N2O2S2/c1-12-17(25-18(20-12)13-7-3-2-4-8-13)15(22)11-24-19-21-14-9-5-6-10-16(14)23-19/h2-10H,11H2,1H3. The van der Waals surface area contributed by atoms with E-state index < -0.39 is 0 Å². The predicted molar refractivity (Wildman–Crippen MR) is 101 cm³/mol. The van der Waals surface area contributed by atoms with Crippen LogP contribution in [0, 0.1) is 6.92 Å². The van der Waals surface area contributed by atoms with E-state index in [9.17, 15) is 4.79 Å². The molecule has 124 valence electrons. The van der Waals surface area contributed by atoms with Crippen molar-refractivity contribution in [1.82, 2.24) is 9.97 Å². The van der Waals surface area contributed by atoms with Crippen LogP contribution in [0.15, 0.2) is 64.2 Å². The Hall–Kier alpha value is -2.44. The minimum Gasteiger partial charge on any atom is -0.431 e. The summed E-state index contributed by atoms with van der Waals surface area (Å²) in [6.07, 6.45) is 0. The lowest BCUT2D eigenvalue weighted by Gasteiger charge is -1.96. The van der Waals surface area contributed by atoms with Gasteiger partial charge in [-0.15, -0.1) is 11.3 Å². The zero-order valence-electron chi connectivity index (χ0n) is 13.4. The Morgan fingerprint density at radius 2 is 1.84 bits per heavy atom.